The Morgan fingerprint density at radius 1 is 1.27 bits per heavy atom. The summed E-state index contributed by atoms with van der Waals surface area (Å²) in [5.41, 5.74) is 1.69. The number of thioether (sulfide) groups is 2. The topological polar surface area (TPSA) is 176 Å². The number of unbranched alkanes of at least 4 members (excludes halogenated alkanes) is 1. The highest BCUT2D eigenvalue weighted by atomic mass is 32.3. The zero-order chi connectivity index (χ0) is 28.0. The van der Waals surface area contributed by atoms with Gasteiger partial charge < -0.3 is 20.4 Å². The number of carbonyl (C=O) groups is 3. The second-order valence-corrected chi connectivity index (χ2v) is 10.7. The zero-order valence-electron chi connectivity index (χ0n) is 21.0. The quantitative estimate of drug-likeness (QED) is 0.116. The number of hydrogen-bond acceptors (Lipinski definition) is 10. The van der Waals surface area contributed by atoms with Crippen LogP contribution in [-0.4, -0.2) is 85.0 Å². The number of hydrogen-bond donors (Lipinski definition) is 3. The largest absolute Gasteiger partial charge is 0.469 e. The summed E-state index contributed by atoms with van der Waals surface area (Å²) in [6.45, 7) is 4.94. The lowest BCUT2D eigenvalue weighted by molar-refractivity contribution is -0.140. The molecule has 3 N–H and O–H groups in total. The predicted octanol–water partition coefficient (Wildman–Crippen LogP) is 2.60. The van der Waals surface area contributed by atoms with E-state index in [-0.39, 0.29) is 36.8 Å². The van der Waals surface area contributed by atoms with E-state index in [1.807, 2.05) is 11.8 Å². The smallest absolute Gasteiger partial charge is 0.397 e. The van der Waals surface area contributed by atoms with E-state index >= 15 is 0 Å². The van der Waals surface area contributed by atoms with Gasteiger partial charge in [-0.1, -0.05) is 36.9 Å². The van der Waals surface area contributed by atoms with Crippen LogP contribution in [0.3, 0.4) is 0 Å². The summed E-state index contributed by atoms with van der Waals surface area (Å²) < 4.78 is 34.3. The molecule has 1 fully saturated rings. The van der Waals surface area contributed by atoms with Gasteiger partial charge in [-0.2, -0.15) is 13.4 Å². The van der Waals surface area contributed by atoms with Gasteiger partial charge in [0, 0.05) is 29.6 Å². The molecular weight excluding hydrogens is 544 g/mol. The van der Waals surface area contributed by atoms with Crippen LogP contribution in [0, 0.1) is 5.41 Å². The second-order valence-electron chi connectivity index (χ2n) is 7.50. The van der Waals surface area contributed by atoms with Crippen LogP contribution in [0.4, 0.5) is 0 Å². The summed E-state index contributed by atoms with van der Waals surface area (Å²) in [6.07, 6.45) is 2.01. The van der Waals surface area contributed by atoms with Gasteiger partial charge in [-0.05, 0) is 37.6 Å². The number of aliphatic imine (C=N–C) groups is 1. The van der Waals surface area contributed by atoms with Crippen LogP contribution in [0.5, 0.6) is 0 Å². The lowest BCUT2D eigenvalue weighted by atomic mass is 10.1. The van der Waals surface area contributed by atoms with Crippen molar-refractivity contribution in [2.75, 3.05) is 27.3 Å². The summed E-state index contributed by atoms with van der Waals surface area (Å²) in [6, 6.07) is 6.80. The number of nitrogens with one attached hydrogen (secondary N) is 2. The van der Waals surface area contributed by atoms with Crippen molar-refractivity contribution < 1.29 is 36.3 Å². The first-order valence-corrected chi connectivity index (χ1v) is 14.3. The van der Waals surface area contributed by atoms with E-state index < -0.39 is 15.6 Å². The van der Waals surface area contributed by atoms with Gasteiger partial charge in [-0.15, -0.1) is 0 Å². The third kappa shape index (κ3) is 11.6. The van der Waals surface area contributed by atoms with Crippen molar-refractivity contribution in [3.8, 4) is 0 Å². The predicted molar refractivity (Wildman–Crippen MR) is 144 cm³/mol. The molecule has 0 aromatic heterocycles. The fraction of sp³-hybridized carbons (Fsp3) is 0.500. The van der Waals surface area contributed by atoms with E-state index in [4.69, 9.17) is 9.96 Å². The molecule has 15 heteroatoms. The molecule has 0 aliphatic carbocycles. The third-order valence-electron chi connectivity index (χ3n) is 4.98. The van der Waals surface area contributed by atoms with E-state index in [0.717, 1.165) is 24.8 Å². The molecule has 12 nitrogen and oxygen atoms in total. The van der Waals surface area contributed by atoms with Gasteiger partial charge in [0.1, 0.15) is 5.25 Å². The maximum Gasteiger partial charge on any atom is 0.397 e. The maximum atomic E-state index is 12.7. The number of amides is 2. The molecule has 2 atom stereocenters. The lowest BCUT2D eigenvalue weighted by Gasteiger charge is -2.24. The van der Waals surface area contributed by atoms with Gasteiger partial charge in [0.15, 0.2) is 5.17 Å². The van der Waals surface area contributed by atoms with Gasteiger partial charge >= 0.3 is 16.4 Å². The number of amidine groups is 1. The van der Waals surface area contributed by atoms with Crippen molar-refractivity contribution in [1.82, 2.24) is 10.2 Å². The summed E-state index contributed by atoms with van der Waals surface area (Å²) >= 11 is 2.54. The minimum atomic E-state index is -4.16. The maximum absolute atomic E-state index is 12.7. The highest BCUT2D eigenvalue weighted by Crippen LogP contribution is 2.32. The number of methoxy groups -OCH3 is 1. The standard InChI is InChI=1S/C21H28N4O4S2.CH4O4S/c1-4-5-12-25-14(2)18(20(28)23-11-10-17(26)29-3)31-21(25)24-19(27)15-6-8-16(9-7-15)30-13-22;1-5-6(2,3)4/h6-9,13-14,18,22H,4-5,10-12H2,1-3H3,(H,23,28);1H3,(H,2,3,4). The Kier molecular flexibility index (Phi) is 14.4. The summed E-state index contributed by atoms with van der Waals surface area (Å²) in [5, 5.41) is 10.0. The first kappa shape index (κ1) is 32.6. The van der Waals surface area contributed by atoms with E-state index in [1.54, 1.807) is 24.3 Å². The second kappa shape index (κ2) is 16.4. The molecule has 1 heterocycles. The van der Waals surface area contributed by atoms with Crippen LogP contribution in [0.15, 0.2) is 34.2 Å². The van der Waals surface area contributed by atoms with E-state index in [1.165, 1.54) is 36.2 Å². The number of rotatable bonds is 11. The molecule has 0 radical (unpaired) electrons. The van der Waals surface area contributed by atoms with E-state index in [2.05, 4.69) is 26.2 Å². The van der Waals surface area contributed by atoms with Crippen molar-refractivity contribution in [3.05, 3.63) is 29.8 Å². The number of ether oxygens (including phenoxy) is 1. The van der Waals surface area contributed by atoms with Gasteiger partial charge in [-0.3, -0.25) is 23.1 Å². The molecule has 1 aromatic rings. The van der Waals surface area contributed by atoms with Crippen LogP contribution >= 0.6 is 23.5 Å². The highest BCUT2D eigenvalue weighted by molar-refractivity contribution is 8.15. The third-order valence-corrected chi connectivity index (χ3v) is 7.46. The molecule has 1 aliphatic rings. The highest BCUT2D eigenvalue weighted by Gasteiger charge is 2.40. The molecule has 1 aliphatic heterocycles. The molecule has 0 spiro atoms. The molecule has 2 amide bonds. The number of esters is 1. The Labute approximate surface area is 225 Å². The lowest BCUT2D eigenvalue weighted by Crippen LogP contribution is -2.43. The first-order valence-electron chi connectivity index (χ1n) is 11.2. The minimum absolute atomic E-state index is 0.110. The molecule has 2 unspecified atom stereocenters. The molecule has 37 heavy (non-hydrogen) atoms. The van der Waals surface area contributed by atoms with Crippen molar-refractivity contribution in [2.45, 2.75) is 49.3 Å². The van der Waals surface area contributed by atoms with Gasteiger partial charge in [-0.25, -0.2) is 0 Å². The van der Waals surface area contributed by atoms with Gasteiger partial charge in [0.25, 0.3) is 5.91 Å². The molecule has 206 valence electrons. The summed E-state index contributed by atoms with van der Waals surface area (Å²) in [4.78, 5) is 43.9. The van der Waals surface area contributed by atoms with Crippen LogP contribution in [0.25, 0.3) is 0 Å². The van der Waals surface area contributed by atoms with E-state index in [9.17, 15) is 22.8 Å². The average molecular weight is 577 g/mol. The molecule has 0 bridgehead atoms. The Hall–Kier alpha value is -2.46. The Balaban J connectivity index is 0.00000102. The average Bonchev–Trinajstić information content (AvgIpc) is 3.17. The minimum Gasteiger partial charge on any atom is -0.469 e. The SMILES string of the molecule is CCCCN1C(=NC(=O)c2ccc(SC=N)cc2)SC(C(=O)NCCC(=O)OC)C1C.COS(=O)(=O)O. The summed E-state index contributed by atoms with van der Waals surface area (Å²) in [5.74, 6) is -0.933. The van der Waals surface area contributed by atoms with Crippen LogP contribution in [-0.2, 0) is 28.9 Å². The zero-order valence-corrected chi connectivity index (χ0v) is 23.5. The Morgan fingerprint density at radius 2 is 1.89 bits per heavy atom. The van der Waals surface area contributed by atoms with Gasteiger partial charge in [0.05, 0.1) is 26.2 Å². The first-order chi connectivity index (χ1) is 17.5. The molecule has 0 saturated carbocycles. The summed E-state index contributed by atoms with van der Waals surface area (Å²) in [7, 11) is -1.98. The number of benzene rings is 1. The van der Waals surface area contributed by atoms with Crippen LogP contribution in [0.1, 0.15) is 43.5 Å². The van der Waals surface area contributed by atoms with Crippen molar-refractivity contribution in [3.63, 3.8) is 0 Å². The Bertz CT molecular complexity index is 1060. The number of carbonyl (C=O) groups excluding carboxylic acids is 3. The van der Waals surface area contributed by atoms with Crippen LogP contribution < -0.4 is 5.32 Å². The Morgan fingerprint density at radius 3 is 2.41 bits per heavy atom. The fourth-order valence-electron chi connectivity index (χ4n) is 2.99. The fourth-order valence-corrected chi connectivity index (χ4v) is 4.71. The molecule has 1 aromatic carbocycles. The normalized spacial score (nSPS) is 18.1. The molecular formula is C22H32N4O8S3. The van der Waals surface area contributed by atoms with Gasteiger partial charge in [0.2, 0.25) is 5.91 Å². The van der Waals surface area contributed by atoms with E-state index in [0.29, 0.717) is 17.3 Å². The molecule has 1 saturated heterocycles. The number of nitrogens with zero attached hydrogens (tertiary/aromatic N) is 2. The molecule has 2 rings (SSSR count). The van der Waals surface area contributed by atoms with Crippen molar-refractivity contribution in [2.24, 2.45) is 4.99 Å². The monoisotopic (exact) mass is 576 g/mol. The van der Waals surface area contributed by atoms with Crippen molar-refractivity contribution >= 4 is 62.4 Å². The van der Waals surface area contributed by atoms with Crippen LogP contribution in [0.2, 0.25) is 0 Å². The van der Waals surface area contributed by atoms with Crippen molar-refractivity contribution in [1.29, 1.82) is 5.41 Å².